The zero-order valence-electron chi connectivity index (χ0n) is 15.8. The minimum atomic E-state index is -0.434. The Hall–Kier alpha value is -2.94. The van der Waals surface area contributed by atoms with Crippen LogP contribution in [0.15, 0.2) is 44.9 Å². The molecule has 146 valence electrons. The first kappa shape index (κ1) is 19.8. The van der Waals surface area contributed by atoms with Gasteiger partial charge in [0.1, 0.15) is 5.65 Å². The van der Waals surface area contributed by atoms with E-state index in [1.807, 2.05) is 6.92 Å². The van der Waals surface area contributed by atoms with Crippen molar-refractivity contribution >= 4 is 28.5 Å². The molecule has 3 aromatic rings. The van der Waals surface area contributed by atoms with Crippen LogP contribution in [0.1, 0.15) is 24.5 Å². The molecule has 0 atom stereocenters. The van der Waals surface area contributed by atoms with Crippen molar-refractivity contribution in [2.75, 3.05) is 0 Å². The van der Waals surface area contributed by atoms with E-state index in [9.17, 15) is 19.7 Å². The van der Waals surface area contributed by atoms with Crippen molar-refractivity contribution < 1.29 is 4.92 Å². The second-order valence-electron chi connectivity index (χ2n) is 6.48. The maximum Gasteiger partial charge on any atom is 0.332 e. The van der Waals surface area contributed by atoms with E-state index in [-0.39, 0.29) is 11.2 Å². The number of rotatable bonds is 6. The monoisotopic (exact) mass is 400 g/mol. The van der Waals surface area contributed by atoms with Crippen LogP contribution in [0.4, 0.5) is 5.69 Å². The van der Waals surface area contributed by atoms with Gasteiger partial charge in [-0.1, -0.05) is 25.5 Å². The number of non-ortho nitro benzene ring substituents is 1. The summed E-state index contributed by atoms with van der Waals surface area (Å²) in [5.41, 5.74) is 1.48. The average molecular weight is 400 g/mol. The van der Waals surface area contributed by atoms with Gasteiger partial charge in [-0.25, -0.2) is 9.78 Å². The summed E-state index contributed by atoms with van der Waals surface area (Å²) >= 11 is 1.48. The lowest BCUT2D eigenvalue weighted by Gasteiger charge is -2.14. The predicted octanol–water partition coefficient (Wildman–Crippen LogP) is 2.79. The van der Waals surface area contributed by atoms with Crippen LogP contribution >= 0.6 is 11.8 Å². The van der Waals surface area contributed by atoms with Gasteiger partial charge in [-0.15, -0.1) is 11.8 Å². The number of aromatic nitrogens is 3. The molecule has 0 spiro atoms. The Morgan fingerprint density at radius 3 is 2.43 bits per heavy atom. The van der Waals surface area contributed by atoms with E-state index in [1.165, 1.54) is 35.5 Å². The molecule has 9 heteroatoms. The van der Waals surface area contributed by atoms with Crippen LogP contribution in [-0.4, -0.2) is 19.0 Å². The molecule has 0 saturated heterocycles. The van der Waals surface area contributed by atoms with Gasteiger partial charge in [0.15, 0.2) is 0 Å². The molecular formula is C19H20N4O4S. The number of aryl methyl sites for hydroxylation is 2. The fourth-order valence-electron chi connectivity index (χ4n) is 3.02. The van der Waals surface area contributed by atoms with Crippen molar-refractivity contribution in [3.63, 3.8) is 0 Å². The second kappa shape index (κ2) is 7.97. The number of benzene rings is 1. The SMILES string of the molecule is CCCc1cnc2c(c1SCc1ccc([N+](=O)[O-])cc1)c(=O)n(C)c(=O)n2C. The normalized spacial score (nSPS) is 11.1. The topological polar surface area (TPSA) is 100 Å². The number of nitrogens with zero attached hydrogens (tertiary/aromatic N) is 4. The fraction of sp³-hybridized carbons (Fsp3) is 0.316. The van der Waals surface area contributed by atoms with Crippen LogP contribution in [-0.2, 0) is 26.3 Å². The average Bonchev–Trinajstić information content (AvgIpc) is 2.69. The van der Waals surface area contributed by atoms with Gasteiger partial charge in [0.25, 0.3) is 11.2 Å². The molecule has 0 bridgehead atoms. The number of thioether (sulfide) groups is 1. The van der Waals surface area contributed by atoms with Gasteiger partial charge in [-0.3, -0.25) is 24.0 Å². The molecule has 28 heavy (non-hydrogen) atoms. The summed E-state index contributed by atoms with van der Waals surface area (Å²) in [5, 5.41) is 11.2. The highest BCUT2D eigenvalue weighted by atomic mass is 32.2. The van der Waals surface area contributed by atoms with Crippen molar-refractivity contribution in [1.29, 1.82) is 0 Å². The molecule has 0 radical (unpaired) electrons. The predicted molar refractivity (Wildman–Crippen MR) is 109 cm³/mol. The van der Waals surface area contributed by atoms with Gasteiger partial charge in [0.05, 0.1) is 10.3 Å². The summed E-state index contributed by atoms with van der Waals surface area (Å²) in [6.07, 6.45) is 3.38. The van der Waals surface area contributed by atoms with Gasteiger partial charge in [-0.05, 0) is 17.5 Å². The van der Waals surface area contributed by atoms with Gasteiger partial charge in [0.2, 0.25) is 0 Å². The summed E-state index contributed by atoms with van der Waals surface area (Å²) in [6, 6.07) is 6.36. The van der Waals surface area contributed by atoms with Gasteiger partial charge < -0.3 is 0 Å². The lowest BCUT2D eigenvalue weighted by Crippen LogP contribution is -2.37. The molecule has 0 fully saturated rings. The maximum atomic E-state index is 12.8. The molecule has 0 amide bonds. The van der Waals surface area contributed by atoms with Crippen LogP contribution in [0.2, 0.25) is 0 Å². The van der Waals surface area contributed by atoms with Crippen LogP contribution < -0.4 is 11.2 Å². The summed E-state index contributed by atoms with van der Waals surface area (Å²) in [4.78, 5) is 40.6. The summed E-state index contributed by atoms with van der Waals surface area (Å²) in [5.74, 6) is 0.541. The smallest absolute Gasteiger partial charge is 0.280 e. The van der Waals surface area contributed by atoms with E-state index < -0.39 is 10.6 Å². The van der Waals surface area contributed by atoms with Crippen LogP contribution in [0, 0.1) is 10.1 Å². The molecule has 0 N–H and O–H groups in total. The summed E-state index contributed by atoms with van der Waals surface area (Å²) in [6.45, 7) is 2.05. The number of nitro benzene ring substituents is 1. The van der Waals surface area contributed by atoms with Crippen molar-refractivity contribution in [1.82, 2.24) is 14.1 Å². The zero-order chi connectivity index (χ0) is 20.4. The number of nitro groups is 1. The lowest BCUT2D eigenvalue weighted by molar-refractivity contribution is -0.384. The quantitative estimate of drug-likeness (QED) is 0.358. The van der Waals surface area contributed by atoms with Crippen molar-refractivity contribution in [2.45, 2.75) is 30.4 Å². The molecule has 2 heterocycles. The Balaban J connectivity index is 2.09. The molecular weight excluding hydrogens is 380 g/mol. The molecule has 8 nitrogen and oxygen atoms in total. The Bertz CT molecular complexity index is 1170. The molecule has 3 rings (SSSR count). The van der Waals surface area contributed by atoms with Crippen molar-refractivity contribution in [2.24, 2.45) is 14.1 Å². The maximum absolute atomic E-state index is 12.8. The van der Waals surface area contributed by atoms with Crippen LogP contribution in [0.5, 0.6) is 0 Å². The Morgan fingerprint density at radius 1 is 1.14 bits per heavy atom. The van der Waals surface area contributed by atoms with Crippen LogP contribution in [0.25, 0.3) is 11.0 Å². The molecule has 0 unspecified atom stereocenters. The third-order valence-electron chi connectivity index (χ3n) is 4.54. The van der Waals surface area contributed by atoms with Gasteiger partial charge >= 0.3 is 5.69 Å². The minimum absolute atomic E-state index is 0.0404. The van der Waals surface area contributed by atoms with E-state index in [0.717, 1.165) is 33.4 Å². The van der Waals surface area contributed by atoms with E-state index in [0.29, 0.717) is 16.8 Å². The molecule has 0 aliphatic heterocycles. The first-order valence-electron chi connectivity index (χ1n) is 8.78. The number of fused-ring (bicyclic) bond motifs is 1. The Kier molecular flexibility index (Phi) is 5.64. The first-order valence-corrected chi connectivity index (χ1v) is 9.77. The Labute approximate surface area is 165 Å². The van der Waals surface area contributed by atoms with Crippen molar-refractivity contribution in [3.05, 3.63) is 72.5 Å². The Morgan fingerprint density at radius 2 is 1.82 bits per heavy atom. The highest BCUT2D eigenvalue weighted by molar-refractivity contribution is 7.98. The van der Waals surface area contributed by atoms with Gasteiger partial charge in [0, 0.05) is 43.1 Å². The van der Waals surface area contributed by atoms with E-state index >= 15 is 0 Å². The number of hydrogen-bond acceptors (Lipinski definition) is 6. The van der Waals surface area contributed by atoms with E-state index in [2.05, 4.69) is 4.98 Å². The molecule has 0 aliphatic carbocycles. The first-order chi connectivity index (χ1) is 13.3. The summed E-state index contributed by atoms with van der Waals surface area (Å²) < 4.78 is 2.47. The molecule has 0 saturated carbocycles. The van der Waals surface area contributed by atoms with Crippen LogP contribution in [0.3, 0.4) is 0 Å². The largest absolute Gasteiger partial charge is 0.332 e. The summed E-state index contributed by atoms with van der Waals surface area (Å²) in [7, 11) is 3.06. The highest BCUT2D eigenvalue weighted by Crippen LogP contribution is 2.31. The zero-order valence-corrected chi connectivity index (χ0v) is 16.7. The molecule has 0 aliphatic rings. The van der Waals surface area contributed by atoms with E-state index in [1.54, 1.807) is 25.4 Å². The number of pyridine rings is 1. The second-order valence-corrected chi connectivity index (χ2v) is 7.46. The molecule has 2 aromatic heterocycles. The molecule has 1 aromatic carbocycles. The minimum Gasteiger partial charge on any atom is -0.280 e. The third-order valence-corrected chi connectivity index (χ3v) is 5.78. The van der Waals surface area contributed by atoms with Crippen molar-refractivity contribution in [3.8, 4) is 0 Å². The standard InChI is InChI=1S/C19H20N4O4S/c1-4-5-13-10-20-17-15(18(24)22(3)19(25)21(17)2)16(13)28-11-12-6-8-14(9-7-12)23(26)27/h6-10H,4-5,11H2,1-3H3. The highest BCUT2D eigenvalue weighted by Gasteiger charge is 2.17. The fourth-order valence-corrected chi connectivity index (χ4v) is 4.19. The lowest BCUT2D eigenvalue weighted by atomic mass is 10.1. The third kappa shape index (κ3) is 3.57. The number of hydrogen-bond donors (Lipinski definition) is 0. The van der Waals surface area contributed by atoms with Gasteiger partial charge in [-0.2, -0.15) is 0 Å². The van der Waals surface area contributed by atoms with E-state index in [4.69, 9.17) is 0 Å².